The lowest BCUT2D eigenvalue weighted by molar-refractivity contribution is 0.392. The molecule has 2 aromatic carbocycles. The number of aromatic hydroxyl groups is 2. The number of aliphatic hydroxyl groups is 1. The van der Waals surface area contributed by atoms with E-state index in [4.69, 9.17) is 0 Å². The minimum absolute atomic E-state index is 0.0209. The number of nitrogens with zero attached hydrogens (tertiary/aromatic N) is 1. The minimum atomic E-state index is -4.24. The van der Waals surface area contributed by atoms with Gasteiger partial charge in [0.25, 0.3) is 0 Å². The molecule has 0 spiro atoms. The zero-order valence-electron chi connectivity index (χ0n) is 10.6. The summed E-state index contributed by atoms with van der Waals surface area (Å²) < 4.78 is 40.6. The zero-order chi connectivity index (χ0) is 16.2. The highest BCUT2D eigenvalue weighted by Gasteiger charge is 2.33. The first-order chi connectivity index (χ1) is 10.2. The first-order valence-electron chi connectivity index (χ1n) is 5.77. The number of benzene rings is 2. The average Bonchev–Trinajstić information content (AvgIpc) is 2.66. The second kappa shape index (κ2) is 4.65. The molecule has 0 fully saturated rings. The highest BCUT2D eigenvalue weighted by molar-refractivity contribution is 9.10. The molecule has 0 amide bonds. The topological polar surface area (TPSA) is 110 Å². The monoisotopic (exact) mass is 390 g/mol. The number of nitrogens with one attached hydrogen (secondary N) is 1. The molecule has 0 unspecified atom stereocenters. The molecule has 7 nitrogen and oxygen atoms in total. The number of anilines is 1. The van der Waals surface area contributed by atoms with Gasteiger partial charge in [-0.2, -0.15) is 8.42 Å². The molecule has 4 N–H and O–H groups in total. The summed E-state index contributed by atoms with van der Waals surface area (Å²) in [6, 6.07) is 3.58. The van der Waals surface area contributed by atoms with Crippen molar-refractivity contribution in [3.8, 4) is 11.5 Å². The van der Waals surface area contributed by atoms with E-state index < -0.39 is 33.3 Å². The van der Waals surface area contributed by atoms with Crippen molar-refractivity contribution in [2.24, 2.45) is 0 Å². The molecule has 116 valence electrons. The van der Waals surface area contributed by atoms with Crippen molar-refractivity contribution in [3.05, 3.63) is 40.6 Å². The Labute approximate surface area is 132 Å². The van der Waals surface area contributed by atoms with Gasteiger partial charge in [0.15, 0.2) is 5.82 Å². The van der Waals surface area contributed by atoms with Crippen LogP contribution in [-0.4, -0.2) is 23.7 Å². The molecule has 10 heteroatoms. The summed E-state index contributed by atoms with van der Waals surface area (Å²) >= 11 is 3.03. The highest BCUT2D eigenvalue weighted by atomic mass is 79.9. The number of aliphatic hydroxyl groups excluding tert-OH is 1. The predicted molar refractivity (Wildman–Crippen MR) is 80.2 cm³/mol. The van der Waals surface area contributed by atoms with E-state index in [1.807, 2.05) is 0 Å². The number of hydrogen-bond acceptors (Lipinski definition) is 5. The van der Waals surface area contributed by atoms with Crippen LogP contribution in [0.25, 0.3) is 10.8 Å². The molecule has 0 bridgehead atoms. The van der Waals surface area contributed by atoms with E-state index in [0.29, 0.717) is 4.31 Å². The number of phenolic OH excluding ortho intramolecular Hbond substituents is 2. The zero-order valence-corrected chi connectivity index (χ0v) is 13.0. The Kier molecular flexibility index (Phi) is 3.11. The smallest absolute Gasteiger partial charge is 0.330 e. The normalized spacial score (nSPS) is 16.6. The van der Waals surface area contributed by atoms with Gasteiger partial charge >= 0.3 is 10.2 Å². The summed E-state index contributed by atoms with van der Waals surface area (Å²) in [6.45, 7) is 0. The molecule has 1 aliphatic heterocycles. The first kappa shape index (κ1) is 14.7. The Balaban J connectivity index is 2.34. The van der Waals surface area contributed by atoms with Crippen molar-refractivity contribution in [3.63, 3.8) is 0 Å². The average molecular weight is 391 g/mol. The molecule has 1 heterocycles. The molecule has 22 heavy (non-hydrogen) atoms. The van der Waals surface area contributed by atoms with Crippen molar-refractivity contribution >= 4 is 42.6 Å². The molecule has 0 saturated carbocycles. The van der Waals surface area contributed by atoms with Gasteiger partial charge in [-0.25, -0.2) is 13.4 Å². The molecule has 0 atom stereocenters. The SMILES string of the molecule is O=S1(=O)NC(O)=CN1c1c(O)cc2cc(O)c(Br)cc2c1F. The van der Waals surface area contributed by atoms with E-state index in [0.717, 1.165) is 12.3 Å². The fraction of sp³-hybridized carbons (Fsp3) is 0. The van der Waals surface area contributed by atoms with Crippen LogP contribution >= 0.6 is 15.9 Å². The third-order valence-electron chi connectivity index (χ3n) is 3.05. The Morgan fingerprint density at radius 3 is 2.36 bits per heavy atom. The van der Waals surface area contributed by atoms with Crippen LogP contribution in [-0.2, 0) is 10.2 Å². The lowest BCUT2D eigenvalue weighted by Crippen LogP contribution is -2.30. The van der Waals surface area contributed by atoms with Gasteiger partial charge in [0, 0.05) is 5.39 Å². The van der Waals surface area contributed by atoms with Crippen LogP contribution in [0.15, 0.2) is 34.8 Å². The van der Waals surface area contributed by atoms with Crippen LogP contribution in [0.5, 0.6) is 11.5 Å². The van der Waals surface area contributed by atoms with E-state index in [2.05, 4.69) is 15.9 Å². The van der Waals surface area contributed by atoms with Gasteiger partial charge in [0.05, 0.1) is 10.7 Å². The molecule has 0 aromatic heterocycles. The maximum atomic E-state index is 14.7. The molecule has 0 saturated heterocycles. The van der Waals surface area contributed by atoms with Gasteiger partial charge in [-0.05, 0) is 39.5 Å². The molecule has 2 aromatic rings. The lowest BCUT2D eigenvalue weighted by Gasteiger charge is -2.17. The van der Waals surface area contributed by atoms with E-state index in [1.54, 1.807) is 4.72 Å². The van der Waals surface area contributed by atoms with Gasteiger partial charge in [-0.3, -0.25) is 0 Å². The van der Waals surface area contributed by atoms with Crippen molar-refractivity contribution < 1.29 is 28.1 Å². The van der Waals surface area contributed by atoms with Crippen LogP contribution < -0.4 is 9.03 Å². The van der Waals surface area contributed by atoms with Crippen molar-refractivity contribution in [2.45, 2.75) is 0 Å². The van der Waals surface area contributed by atoms with Gasteiger partial charge in [0.2, 0.25) is 5.88 Å². The number of fused-ring (bicyclic) bond motifs is 1. The largest absolute Gasteiger partial charge is 0.507 e. The molecule has 1 aliphatic rings. The third kappa shape index (κ3) is 2.11. The Bertz CT molecular complexity index is 944. The van der Waals surface area contributed by atoms with E-state index in [9.17, 15) is 28.1 Å². The molecular formula is C12H8BrFN2O5S. The summed E-state index contributed by atoms with van der Waals surface area (Å²) in [7, 11) is -4.24. The Morgan fingerprint density at radius 2 is 1.77 bits per heavy atom. The van der Waals surface area contributed by atoms with Crippen LogP contribution in [0.4, 0.5) is 10.1 Å². The fourth-order valence-corrected chi connectivity index (χ4v) is 3.54. The maximum absolute atomic E-state index is 14.7. The Morgan fingerprint density at radius 1 is 1.14 bits per heavy atom. The number of phenols is 2. The molecule has 0 aliphatic carbocycles. The second-order valence-corrected chi connectivity index (χ2v) is 6.90. The van der Waals surface area contributed by atoms with Crippen molar-refractivity contribution in [1.82, 2.24) is 4.72 Å². The first-order valence-corrected chi connectivity index (χ1v) is 8.00. The van der Waals surface area contributed by atoms with E-state index in [1.165, 1.54) is 12.1 Å². The van der Waals surface area contributed by atoms with Gasteiger partial charge in [-0.15, -0.1) is 0 Å². The quantitative estimate of drug-likeness (QED) is 0.596. The lowest BCUT2D eigenvalue weighted by atomic mass is 10.1. The van der Waals surface area contributed by atoms with E-state index in [-0.39, 0.29) is 21.0 Å². The minimum Gasteiger partial charge on any atom is -0.507 e. The molecular weight excluding hydrogens is 383 g/mol. The van der Waals surface area contributed by atoms with Crippen LogP contribution in [0, 0.1) is 5.82 Å². The molecule has 3 rings (SSSR count). The number of halogens is 2. The summed E-state index contributed by atoms with van der Waals surface area (Å²) in [4.78, 5) is 0. The summed E-state index contributed by atoms with van der Waals surface area (Å²) in [6.07, 6.45) is 0.731. The van der Waals surface area contributed by atoms with Gasteiger partial charge in [-0.1, -0.05) is 0 Å². The predicted octanol–water partition coefficient (Wildman–Crippen LogP) is 2.16. The summed E-state index contributed by atoms with van der Waals surface area (Å²) in [5.74, 6) is -2.55. The number of hydrogen-bond donors (Lipinski definition) is 4. The van der Waals surface area contributed by atoms with Gasteiger partial charge < -0.3 is 15.3 Å². The summed E-state index contributed by atoms with van der Waals surface area (Å²) in [5.41, 5.74) is -0.637. The fourth-order valence-electron chi connectivity index (χ4n) is 2.13. The highest BCUT2D eigenvalue weighted by Crippen LogP contribution is 2.41. The molecule has 0 radical (unpaired) electrons. The van der Waals surface area contributed by atoms with Gasteiger partial charge in [0.1, 0.15) is 17.2 Å². The maximum Gasteiger partial charge on any atom is 0.330 e. The Hall–Kier alpha value is -2.20. The standard InChI is InChI=1S/C12H8BrFN2O5S/c13-7-3-6-5(1-8(7)17)2-9(18)12(11(6)14)16-4-10(19)15-22(16,20)21/h1-4,15,17-19H. The second-order valence-electron chi connectivity index (χ2n) is 4.50. The van der Waals surface area contributed by atoms with Crippen molar-refractivity contribution in [1.29, 1.82) is 0 Å². The third-order valence-corrected chi connectivity index (χ3v) is 4.96. The van der Waals surface area contributed by atoms with E-state index >= 15 is 0 Å². The number of rotatable bonds is 1. The van der Waals surface area contributed by atoms with Crippen molar-refractivity contribution in [2.75, 3.05) is 4.31 Å². The summed E-state index contributed by atoms with van der Waals surface area (Å²) in [5, 5.41) is 29.0. The van der Waals surface area contributed by atoms with Crippen LogP contribution in [0.1, 0.15) is 0 Å². The van der Waals surface area contributed by atoms with Crippen LogP contribution in [0.3, 0.4) is 0 Å². The van der Waals surface area contributed by atoms with Crippen LogP contribution in [0.2, 0.25) is 0 Å².